The molecule has 0 aliphatic carbocycles. The first-order valence-corrected chi connectivity index (χ1v) is 8.48. The van der Waals surface area contributed by atoms with Crippen LogP contribution in [0.3, 0.4) is 0 Å². The van der Waals surface area contributed by atoms with E-state index in [0.29, 0.717) is 40.1 Å². The second kappa shape index (κ2) is 7.43. The van der Waals surface area contributed by atoms with E-state index in [-0.39, 0.29) is 5.56 Å². The van der Waals surface area contributed by atoms with Crippen LogP contribution >= 0.6 is 23.2 Å². The number of hydrogen-bond acceptors (Lipinski definition) is 5. The first-order valence-electron chi connectivity index (χ1n) is 7.72. The number of hydrogen-bond donors (Lipinski definition) is 2. The Kier molecular flexibility index (Phi) is 5.27. The molecule has 0 aliphatic heterocycles. The highest BCUT2D eigenvalue weighted by Gasteiger charge is 2.10. The van der Waals surface area contributed by atoms with Crippen molar-refractivity contribution in [3.05, 3.63) is 50.4 Å². The van der Waals surface area contributed by atoms with Crippen molar-refractivity contribution in [3.63, 3.8) is 0 Å². The van der Waals surface area contributed by atoms with E-state index in [9.17, 15) is 4.79 Å². The lowest BCUT2D eigenvalue weighted by atomic mass is 10.2. The van der Waals surface area contributed by atoms with Crippen LogP contribution in [-0.4, -0.2) is 45.3 Å². The van der Waals surface area contributed by atoms with Gasteiger partial charge in [-0.2, -0.15) is 5.10 Å². The summed E-state index contributed by atoms with van der Waals surface area (Å²) in [5.41, 5.74) is 1.73. The van der Waals surface area contributed by atoms with Gasteiger partial charge in [-0.3, -0.25) is 14.5 Å². The number of nitrogens with zero attached hydrogens (tertiary/aromatic N) is 4. The lowest BCUT2D eigenvalue weighted by molar-refractivity contribution is 0.376. The maximum Gasteiger partial charge on any atom is 0.278 e. The van der Waals surface area contributed by atoms with Crippen LogP contribution < -0.4 is 10.9 Å². The second-order valence-electron chi connectivity index (χ2n) is 5.92. The van der Waals surface area contributed by atoms with Crippen LogP contribution in [0.25, 0.3) is 11.0 Å². The van der Waals surface area contributed by atoms with Gasteiger partial charge in [0.1, 0.15) is 5.52 Å². The average Bonchev–Trinajstić information content (AvgIpc) is 2.97. The Labute approximate surface area is 154 Å². The smallest absolute Gasteiger partial charge is 0.278 e. The van der Waals surface area contributed by atoms with Gasteiger partial charge in [0.15, 0.2) is 5.52 Å². The molecule has 0 atom stereocenters. The van der Waals surface area contributed by atoms with Crippen LogP contribution in [0.2, 0.25) is 10.0 Å². The number of rotatable bonds is 6. The summed E-state index contributed by atoms with van der Waals surface area (Å²) in [4.78, 5) is 21.6. The molecule has 2 N–H and O–H groups in total. The molecule has 0 saturated carbocycles. The van der Waals surface area contributed by atoms with Crippen LogP contribution in [0.15, 0.2) is 29.2 Å². The zero-order valence-corrected chi connectivity index (χ0v) is 15.4. The molecule has 0 amide bonds. The highest BCUT2D eigenvalue weighted by molar-refractivity contribution is 6.42. The van der Waals surface area contributed by atoms with Gasteiger partial charge < -0.3 is 10.2 Å². The minimum absolute atomic E-state index is 0.224. The Hall–Kier alpha value is -2.09. The third-order valence-corrected chi connectivity index (χ3v) is 4.44. The van der Waals surface area contributed by atoms with Crippen LogP contribution in [0.4, 0.5) is 5.95 Å². The monoisotopic (exact) mass is 380 g/mol. The SMILES string of the molecule is CN(C)CCn1ncc2nc(NCc3ccc(Cl)c(Cl)c3)[nH]c(=O)c21. The molecule has 7 nitrogen and oxygen atoms in total. The summed E-state index contributed by atoms with van der Waals surface area (Å²) < 4.78 is 1.67. The Morgan fingerprint density at radius 2 is 2.08 bits per heavy atom. The van der Waals surface area contributed by atoms with Gasteiger partial charge in [0.2, 0.25) is 5.95 Å². The van der Waals surface area contributed by atoms with E-state index in [0.717, 1.165) is 12.1 Å². The number of fused-ring (bicyclic) bond motifs is 1. The van der Waals surface area contributed by atoms with Crippen molar-refractivity contribution in [1.29, 1.82) is 0 Å². The molecule has 0 bridgehead atoms. The van der Waals surface area contributed by atoms with E-state index < -0.39 is 0 Å². The Bertz CT molecular complexity index is 949. The molecular weight excluding hydrogens is 363 g/mol. The number of aromatic amines is 1. The van der Waals surface area contributed by atoms with Crippen molar-refractivity contribution in [2.45, 2.75) is 13.1 Å². The molecule has 25 heavy (non-hydrogen) atoms. The summed E-state index contributed by atoms with van der Waals surface area (Å²) >= 11 is 11.9. The molecular formula is C16H18Cl2N6O. The van der Waals surface area contributed by atoms with Crippen LogP contribution in [0.5, 0.6) is 0 Å². The molecule has 0 saturated heterocycles. The van der Waals surface area contributed by atoms with Crippen molar-refractivity contribution >= 4 is 40.2 Å². The molecule has 0 fully saturated rings. The van der Waals surface area contributed by atoms with Crippen LogP contribution in [-0.2, 0) is 13.1 Å². The maximum atomic E-state index is 12.4. The summed E-state index contributed by atoms with van der Waals surface area (Å²) in [7, 11) is 3.94. The predicted molar refractivity (Wildman–Crippen MR) is 100 cm³/mol. The van der Waals surface area contributed by atoms with Gasteiger partial charge >= 0.3 is 0 Å². The molecule has 0 unspecified atom stereocenters. The number of aromatic nitrogens is 4. The third kappa shape index (κ3) is 4.12. The minimum atomic E-state index is -0.224. The fourth-order valence-electron chi connectivity index (χ4n) is 2.39. The summed E-state index contributed by atoms with van der Waals surface area (Å²) in [5.74, 6) is 0.385. The lowest BCUT2D eigenvalue weighted by Crippen LogP contribution is -2.21. The Morgan fingerprint density at radius 3 is 2.80 bits per heavy atom. The van der Waals surface area contributed by atoms with Crippen LogP contribution in [0.1, 0.15) is 5.56 Å². The number of likely N-dealkylation sites (N-methyl/N-ethyl adjacent to an activating group) is 1. The first-order chi connectivity index (χ1) is 11.9. The standard InChI is InChI=1S/C16H18Cl2N6O/c1-23(2)5-6-24-14-13(9-20-24)21-16(22-15(14)25)19-8-10-3-4-11(17)12(18)7-10/h3-4,7,9H,5-6,8H2,1-2H3,(H2,19,21,22,25). The third-order valence-electron chi connectivity index (χ3n) is 3.70. The highest BCUT2D eigenvalue weighted by atomic mass is 35.5. The van der Waals surface area contributed by atoms with Gasteiger partial charge in [0, 0.05) is 13.1 Å². The Balaban J connectivity index is 1.79. The quantitative estimate of drug-likeness (QED) is 0.686. The van der Waals surface area contributed by atoms with Gasteiger partial charge in [-0.15, -0.1) is 0 Å². The fourth-order valence-corrected chi connectivity index (χ4v) is 2.71. The molecule has 2 aromatic heterocycles. The average molecular weight is 381 g/mol. The number of anilines is 1. The predicted octanol–water partition coefficient (Wildman–Crippen LogP) is 2.60. The maximum absolute atomic E-state index is 12.4. The number of halogens is 2. The van der Waals surface area contributed by atoms with Gasteiger partial charge in [-0.25, -0.2) is 4.98 Å². The normalized spacial score (nSPS) is 11.4. The van der Waals surface area contributed by atoms with Gasteiger partial charge in [0.05, 0.1) is 22.8 Å². The van der Waals surface area contributed by atoms with E-state index in [2.05, 4.69) is 20.4 Å². The summed E-state index contributed by atoms with van der Waals surface area (Å²) in [6.07, 6.45) is 1.60. The molecule has 0 aliphatic rings. The second-order valence-corrected chi connectivity index (χ2v) is 6.74. The highest BCUT2D eigenvalue weighted by Crippen LogP contribution is 2.22. The van der Waals surface area contributed by atoms with Crippen molar-refractivity contribution < 1.29 is 0 Å². The lowest BCUT2D eigenvalue weighted by Gasteiger charge is -2.10. The number of H-pyrrole nitrogens is 1. The van der Waals surface area contributed by atoms with E-state index >= 15 is 0 Å². The Morgan fingerprint density at radius 1 is 1.28 bits per heavy atom. The fraction of sp³-hybridized carbons (Fsp3) is 0.312. The van der Waals surface area contributed by atoms with Crippen molar-refractivity contribution in [3.8, 4) is 0 Å². The molecule has 0 radical (unpaired) electrons. The number of benzene rings is 1. The zero-order chi connectivity index (χ0) is 18.0. The molecule has 1 aromatic carbocycles. The molecule has 2 heterocycles. The molecule has 132 valence electrons. The van der Waals surface area contributed by atoms with Crippen molar-refractivity contribution in [2.24, 2.45) is 0 Å². The van der Waals surface area contributed by atoms with E-state index in [1.165, 1.54) is 0 Å². The molecule has 3 aromatic rings. The summed E-state index contributed by atoms with van der Waals surface area (Å²) in [6.45, 7) is 1.87. The van der Waals surface area contributed by atoms with Gasteiger partial charge in [-0.05, 0) is 31.8 Å². The van der Waals surface area contributed by atoms with Gasteiger partial charge in [0.25, 0.3) is 5.56 Å². The zero-order valence-electron chi connectivity index (χ0n) is 13.9. The van der Waals surface area contributed by atoms with E-state index in [1.54, 1.807) is 23.0 Å². The molecule has 0 spiro atoms. The summed E-state index contributed by atoms with van der Waals surface area (Å²) in [6, 6.07) is 5.36. The molecule has 3 rings (SSSR count). The van der Waals surface area contributed by atoms with E-state index in [1.807, 2.05) is 25.1 Å². The minimum Gasteiger partial charge on any atom is -0.352 e. The van der Waals surface area contributed by atoms with Gasteiger partial charge in [-0.1, -0.05) is 29.3 Å². The van der Waals surface area contributed by atoms with Crippen LogP contribution in [0, 0.1) is 0 Å². The van der Waals surface area contributed by atoms with Crippen molar-refractivity contribution in [2.75, 3.05) is 26.0 Å². The largest absolute Gasteiger partial charge is 0.352 e. The van der Waals surface area contributed by atoms with Crippen molar-refractivity contribution in [1.82, 2.24) is 24.6 Å². The topological polar surface area (TPSA) is 78.8 Å². The molecule has 9 heteroatoms. The number of nitrogens with one attached hydrogen (secondary N) is 2. The first kappa shape index (κ1) is 17.7. The summed E-state index contributed by atoms with van der Waals surface area (Å²) in [5, 5.41) is 8.33. The van der Waals surface area contributed by atoms with E-state index in [4.69, 9.17) is 23.2 Å².